The first-order valence-corrected chi connectivity index (χ1v) is 10.2. The van der Waals surface area contributed by atoms with E-state index in [0.717, 1.165) is 31.5 Å². The molecule has 8 heteroatoms. The van der Waals surface area contributed by atoms with Crippen LogP contribution in [0.15, 0.2) is 23.1 Å². The third-order valence-electron chi connectivity index (χ3n) is 4.57. The van der Waals surface area contributed by atoms with Crippen molar-refractivity contribution >= 4 is 22.4 Å². The van der Waals surface area contributed by atoms with E-state index in [1.165, 1.54) is 0 Å². The number of aryl methyl sites for hydroxylation is 1. The fourth-order valence-electron chi connectivity index (χ4n) is 3.14. The number of piperidine rings is 1. The Morgan fingerprint density at radius 2 is 1.92 bits per heavy atom. The SMILES string of the molecule is COCC1(CNS(=O)(=O)c2ccc(OC(C)C)c(C)c2)CCNCC1.Cl. The number of rotatable bonds is 8. The maximum atomic E-state index is 12.7. The lowest BCUT2D eigenvalue weighted by Crippen LogP contribution is -2.47. The third-order valence-corrected chi connectivity index (χ3v) is 5.97. The van der Waals surface area contributed by atoms with Gasteiger partial charge < -0.3 is 14.8 Å². The van der Waals surface area contributed by atoms with Gasteiger partial charge in [0.15, 0.2) is 0 Å². The first-order valence-electron chi connectivity index (χ1n) is 8.75. The number of nitrogens with one attached hydrogen (secondary N) is 2. The molecule has 6 nitrogen and oxygen atoms in total. The molecular weight excluding hydrogens is 376 g/mol. The van der Waals surface area contributed by atoms with E-state index in [0.29, 0.717) is 18.9 Å². The Bertz CT molecular complexity index is 668. The minimum Gasteiger partial charge on any atom is -0.491 e. The van der Waals surface area contributed by atoms with Gasteiger partial charge in [-0.1, -0.05) is 0 Å². The van der Waals surface area contributed by atoms with Crippen LogP contribution >= 0.6 is 12.4 Å². The van der Waals surface area contributed by atoms with Crippen LogP contribution in [0, 0.1) is 12.3 Å². The van der Waals surface area contributed by atoms with Crippen molar-refractivity contribution in [1.29, 1.82) is 0 Å². The third kappa shape index (κ3) is 6.09. The van der Waals surface area contributed by atoms with Gasteiger partial charge in [-0.3, -0.25) is 0 Å². The Labute approximate surface area is 163 Å². The van der Waals surface area contributed by atoms with Crippen molar-refractivity contribution in [1.82, 2.24) is 10.0 Å². The van der Waals surface area contributed by atoms with Gasteiger partial charge in [-0.05, 0) is 70.5 Å². The summed E-state index contributed by atoms with van der Waals surface area (Å²) < 4.78 is 39.2. The minimum atomic E-state index is -3.57. The molecule has 1 aliphatic rings. The zero-order valence-corrected chi connectivity index (χ0v) is 17.6. The molecule has 1 aromatic carbocycles. The van der Waals surface area contributed by atoms with Crippen LogP contribution in [0.1, 0.15) is 32.3 Å². The standard InChI is InChI=1S/C18H30N2O4S.ClH/c1-14(2)24-17-6-5-16(11-15(17)3)25(21,22)20-12-18(13-23-4)7-9-19-10-8-18;/h5-6,11,14,19-20H,7-10,12-13H2,1-4H3;1H. The van der Waals surface area contributed by atoms with Crippen molar-refractivity contribution in [3.63, 3.8) is 0 Å². The average molecular weight is 407 g/mol. The molecule has 0 spiro atoms. The maximum absolute atomic E-state index is 12.7. The van der Waals surface area contributed by atoms with Gasteiger partial charge in [-0.15, -0.1) is 12.4 Å². The second kappa shape index (κ2) is 9.90. The summed E-state index contributed by atoms with van der Waals surface area (Å²) in [5, 5.41) is 3.31. The van der Waals surface area contributed by atoms with Crippen LogP contribution in [0.25, 0.3) is 0 Å². The lowest BCUT2D eigenvalue weighted by molar-refractivity contribution is 0.0577. The number of sulfonamides is 1. The molecule has 26 heavy (non-hydrogen) atoms. The predicted molar refractivity (Wildman–Crippen MR) is 106 cm³/mol. The quantitative estimate of drug-likeness (QED) is 0.693. The summed E-state index contributed by atoms with van der Waals surface area (Å²) in [7, 11) is -1.90. The van der Waals surface area contributed by atoms with Crippen molar-refractivity contribution in [2.75, 3.05) is 33.4 Å². The van der Waals surface area contributed by atoms with Crippen LogP contribution in [0.5, 0.6) is 5.75 Å². The summed E-state index contributed by atoms with van der Waals surface area (Å²) in [4.78, 5) is 0.266. The maximum Gasteiger partial charge on any atom is 0.240 e. The van der Waals surface area contributed by atoms with Crippen molar-refractivity contribution in [3.8, 4) is 5.75 Å². The topological polar surface area (TPSA) is 76.7 Å². The first kappa shape index (κ1) is 23.2. The van der Waals surface area contributed by atoms with Crippen LogP contribution in [-0.2, 0) is 14.8 Å². The van der Waals surface area contributed by atoms with Gasteiger partial charge in [0, 0.05) is 19.1 Å². The van der Waals surface area contributed by atoms with E-state index >= 15 is 0 Å². The molecule has 1 aliphatic heterocycles. The second-order valence-electron chi connectivity index (χ2n) is 7.10. The Morgan fingerprint density at radius 1 is 1.27 bits per heavy atom. The number of methoxy groups -OCH3 is 1. The molecule has 150 valence electrons. The van der Waals surface area contributed by atoms with E-state index < -0.39 is 10.0 Å². The van der Waals surface area contributed by atoms with Crippen LogP contribution < -0.4 is 14.8 Å². The van der Waals surface area contributed by atoms with Crippen LogP contribution in [-0.4, -0.2) is 47.9 Å². The molecule has 2 N–H and O–H groups in total. The first-order chi connectivity index (χ1) is 11.8. The molecule has 0 saturated carbocycles. The molecule has 0 atom stereocenters. The van der Waals surface area contributed by atoms with Crippen molar-refractivity contribution in [2.45, 2.75) is 44.6 Å². The van der Waals surface area contributed by atoms with Crippen LogP contribution in [0.3, 0.4) is 0 Å². The molecular formula is C18H31ClN2O4S. The molecule has 0 amide bonds. The van der Waals surface area contributed by atoms with Crippen LogP contribution in [0.4, 0.5) is 0 Å². The van der Waals surface area contributed by atoms with Crippen molar-refractivity contribution < 1.29 is 17.9 Å². The van der Waals surface area contributed by atoms with E-state index in [1.54, 1.807) is 25.3 Å². The predicted octanol–water partition coefficient (Wildman–Crippen LogP) is 2.50. The van der Waals surface area contributed by atoms with E-state index in [4.69, 9.17) is 9.47 Å². The van der Waals surface area contributed by atoms with Crippen LogP contribution in [0.2, 0.25) is 0 Å². The highest BCUT2D eigenvalue weighted by Gasteiger charge is 2.33. The van der Waals surface area contributed by atoms with E-state index in [1.807, 2.05) is 20.8 Å². The monoisotopic (exact) mass is 406 g/mol. The molecule has 0 aliphatic carbocycles. The van der Waals surface area contributed by atoms with Gasteiger partial charge in [0.25, 0.3) is 0 Å². The molecule has 1 fully saturated rings. The highest BCUT2D eigenvalue weighted by molar-refractivity contribution is 7.89. The summed E-state index contributed by atoms with van der Waals surface area (Å²) >= 11 is 0. The molecule has 2 rings (SSSR count). The number of hydrogen-bond acceptors (Lipinski definition) is 5. The Balaban J connectivity index is 0.00000338. The number of halogens is 1. The Morgan fingerprint density at radius 3 is 2.46 bits per heavy atom. The lowest BCUT2D eigenvalue weighted by Gasteiger charge is -2.37. The Hall–Kier alpha value is -0.860. The average Bonchev–Trinajstić information content (AvgIpc) is 2.56. The minimum absolute atomic E-state index is 0. The normalized spacial score (nSPS) is 17.0. The smallest absolute Gasteiger partial charge is 0.240 e. The Kier molecular flexibility index (Phi) is 8.82. The van der Waals surface area contributed by atoms with Gasteiger partial charge in [-0.25, -0.2) is 13.1 Å². The summed E-state index contributed by atoms with van der Waals surface area (Å²) in [6, 6.07) is 4.98. The fourth-order valence-corrected chi connectivity index (χ4v) is 4.38. The highest BCUT2D eigenvalue weighted by Crippen LogP contribution is 2.29. The van der Waals surface area contributed by atoms with Gasteiger partial charge in [0.1, 0.15) is 5.75 Å². The molecule has 0 radical (unpaired) electrons. The number of ether oxygens (including phenoxy) is 2. The summed E-state index contributed by atoms with van der Waals surface area (Å²) in [6.07, 6.45) is 1.83. The molecule has 1 heterocycles. The second-order valence-corrected chi connectivity index (χ2v) is 8.87. The molecule has 1 aromatic rings. The largest absolute Gasteiger partial charge is 0.491 e. The molecule has 0 bridgehead atoms. The zero-order valence-electron chi connectivity index (χ0n) is 16.0. The lowest BCUT2D eigenvalue weighted by atomic mass is 9.80. The zero-order chi connectivity index (χ0) is 18.5. The molecule has 0 aromatic heterocycles. The van der Waals surface area contributed by atoms with E-state index in [-0.39, 0.29) is 28.8 Å². The van der Waals surface area contributed by atoms with Gasteiger partial charge in [0.2, 0.25) is 10.0 Å². The van der Waals surface area contributed by atoms with Crippen molar-refractivity contribution in [3.05, 3.63) is 23.8 Å². The summed E-state index contributed by atoms with van der Waals surface area (Å²) in [6.45, 7) is 8.44. The number of benzene rings is 1. The molecule has 0 unspecified atom stereocenters. The van der Waals surface area contributed by atoms with E-state index in [9.17, 15) is 8.42 Å². The highest BCUT2D eigenvalue weighted by atomic mass is 35.5. The van der Waals surface area contributed by atoms with E-state index in [2.05, 4.69) is 10.0 Å². The van der Waals surface area contributed by atoms with Crippen molar-refractivity contribution in [2.24, 2.45) is 5.41 Å². The van der Waals surface area contributed by atoms with Gasteiger partial charge in [0.05, 0.1) is 17.6 Å². The van der Waals surface area contributed by atoms with Gasteiger partial charge >= 0.3 is 0 Å². The summed E-state index contributed by atoms with van der Waals surface area (Å²) in [5.41, 5.74) is 0.660. The van der Waals surface area contributed by atoms with Gasteiger partial charge in [-0.2, -0.15) is 0 Å². The fraction of sp³-hybridized carbons (Fsp3) is 0.667. The summed E-state index contributed by atoms with van der Waals surface area (Å²) in [5.74, 6) is 0.711. The number of hydrogen-bond donors (Lipinski definition) is 2. The molecule has 1 saturated heterocycles.